The van der Waals surface area contributed by atoms with Gasteiger partial charge in [-0.25, -0.2) is 4.39 Å². The molecule has 108 valence electrons. The molecule has 1 amide bonds. The van der Waals surface area contributed by atoms with Crippen LogP contribution in [-0.2, 0) is 0 Å². The lowest BCUT2D eigenvalue weighted by Gasteiger charge is -2.20. The molecular formula is C15H19FN2O2. The topological polar surface area (TPSA) is 56.3 Å². The highest BCUT2D eigenvalue weighted by molar-refractivity contribution is 5.98. The minimum Gasteiger partial charge on any atom is -0.395 e. The molecule has 20 heavy (non-hydrogen) atoms. The van der Waals surface area contributed by atoms with E-state index in [1.165, 1.54) is 12.1 Å². The van der Waals surface area contributed by atoms with Crippen LogP contribution < -0.4 is 0 Å². The number of aliphatic hydroxyl groups excluding tert-OH is 1. The van der Waals surface area contributed by atoms with Gasteiger partial charge in [-0.05, 0) is 30.7 Å². The van der Waals surface area contributed by atoms with E-state index in [0.717, 1.165) is 18.4 Å². The Kier molecular flexibility index (Phi) is 4.74. The maximum Gasteiger partial charge on any atom is 0.270 e. The number of unbranched alkanes of at least 4 members (excludes halogenated alkanes) is 1. The summed E-state index contributed by atoms with van der Waals surface area (Å²) in [5.41, 5.74) is 1.16. The molecule has 0 fully saturated rings. The van der Waals surface area contributed by atoms with Crippen molar-refractivity contribution in [1.82, 2.24) is 9.88 Å². The lowest BCUT2D eigenvalue weighted by molar-refractivity contribution is 0.0714. The average molecular weight is 278 g/mol. The molecule has 1 heterocycles. The van der Waals surface area contributed by atoms with Crippen LogP contribution in [-0.4, -0.2) is 40.6 Å². The Hall–Kier alpha value is -1.88. The van der Waals surface area contributed by atoms with Gasteiger partial charge in [-0.1, -0.05) is 13.3 Å². The van der Waals surface area contributed by atoms with Crippen molar-refractivity contribution in [1.29, 1.82) is 0 Å². The number of H-pyrrole nitrogens is 1. The molecule has 2 aromatic rings. The van der Waals surface area contributed by atoms with Gasteiger partial charge in [0.25, 0.3) is 5.91 Å². The van der Waals surface area contributed by atoms with Crippen LogP contribution in [0.3, 0.4) is 0 Å². The molecule has 5 heteroatoms. The number of hydrogen-bond donors (Lipinski definition) is 2. The van der Waals surface area contributed by atoms with Crippen LogP contribution in [0.4, 0.5) is 4.39 Å². The predicted molar refractivity (Wildman–Crippen MR) is 76.2 cm³/mol. The van der Waals surface area contributed by atoms with Crippen LogP contribution in [0.5, 0.6) is 0 Å². The van der Waals surface area contributed by atoms with Crippen LogP contribution in [0, 0.1) is 5.82 Å². The largest absolute Gasteiger partial charge is 0.395 e. The number of carbonyl (C=O) groups is 1. The molecule has 0 saturated carbocycles. The number of benzene rings is 1. The van der Waals surface area contributed by atoms with Gasteiger partial charge in [-0.2, -0.15) is 0 Å². The monoisotopic (exact) mass is 278 g/mol. The normalized spacial score (nSPS) is 10.9. The summed E-state index contributed by atoms with van der Waals surface area (Å²) in [6.07, 6.45) is 1.87. The second-order valence-corrected chi connectivity index (χ2v) is 4.78. The number of hydrogen-bond acceptors (Lipinski definition) is 2. The van der Waals surface area contributed by atoms with Crippen LogP contribution in [0.15, 0.2) is 24.3 Å². The van der Waals surface area contributed by atoms with E-state index in [1.807, 2.05) is 6.92 Å². The first-order valence-corrected chi connectivity index (χ1v) is 6.84. The van der Waals surface area contributed by atoms with Crippen molar-refractivity contribution >= 4 is 16.8 Å². The fourth-order valence-electron chi connectivity index (χ4n) is 2.17. The first kappa shape index (κ1) is 14.5. The summed E-state index contributed by atoms with van der Waals surface area (Å²) >= 11 is 0. The van der Waals surface area contributed by atoms with E-state index in [-0.39, 0.29) is 18.3 Å². The molecule has 0 aliphatic carbocycles. The molecule has 4 nitrogen and oxygen atoms in total. The van der Waals surface area contributed by atoms with Gasteiger partial charge in [-0.3, -0.25) is 4.79 Å². The van der Waals surface area contributed by atoms with Gasteiger partial charge in [0.05, 0.1) is 6.61 Å². The minimum absolute atomic E-state index is 0.0652. The summed E-state index contributed by atoms with van der Waals surface area (Å²) < 4.78 is 13.2. The quantitative estimate of drug-likeness (QED) is 0.853. The molecule has 0 aliphatic heterocycles. The van der Waals surface area contributed by atoms with Gasteiger partial charge in [0.15, 0.2) is 0 Å². The number of nitrogens with one attached hydrogen (secondary N) is 1. The molecule has 0 bridgehead atoms. The van der Waals surface area contributed by atoms with Crippen molar-refractivity contribution in [2.45, 2.75) is 19.8 Å². The fourth-order valence-corrected chi connectivity index (χ4v) is 2.17. The summed E-state index contributed by atoms with van der Waals surface area (Å²) in [6.45, 7) is 2.90. The Morgan fingerprint density at radius 1 is 1.35 bits per heavy atom. The van der Waals surface area contributed by atoms with Gasteiger partial charge >= 0.3 is 0 Å². The number of nitrogens with zero attached hydrogens (tertiary/aromatic N) is 1. The van der Waals surface area contributed by atoms with Crippen LogP contribution in [0.2, 0.25) is 0 Å². The van der Waals surface area contributed by atoms with Crippen molar-refractivity contribution in [3.8, 4) is 0 Å². The SMILES string of the molecule is CCCCN(CCO)C(=O)c1cc2cc(F)ccc2[nH]1. The van der Waals surface area contributed by atoms with E-state index in [0.29, 0.717) is 24.2 Å². The van der Waals surface area contributed by atoms with E-state index in [4.69, 9.17) is 5.11 Å². The van der Waals surface area contributed by atoms with Crippen LogP contribution in [0.25, 0.3) is 10.9 Å². The smallest absolute Gasteiger partial charge is 0.270 e. The minimum atomic E-state index is -0.325. The summed E-state index contributed by atoms with van der Waals surface area (Å²) in [6, 6.07) is 6.02. The standard InChI is InChI=1S/C15H19FN2O2/c1-2-3-6-18(7-8-19)15(20)14-10-11-9-12(16)4-5-13(11)17-14/h4-5,9-10,17,19H,2-3,6-8H2,1H3. The van der Waals surface area contributed by atoms with E-state index < -0.39 is 0 Å². The molecule has 0 unspecified atom stereocenters. The van der Waals surface area contributed by atoms with E-state index in [2.05, 4.69) is 4.98 Å². The molecule has 0 aliphatic rings. The summed E-state index contributed by atoms with van der Waals surface area (Å²) in [5, 5.41) is 9.73. The lowest BCUT2D eigenvalue weighted by Crippen LogP contribution is -2.34. The van der Waals surface area contributed by atoms with Crippen LogP contribution in [0.1, 0.15) is 30.3 Å². The van der Waals surface area contributed by atoms with Crippen molar-refractivity contribution in [3.63, 3.8) is 0 Å². The predicted octanol–water partition coefficient (Wildman–Crippen LogP) is 2.54. The number of aromatic nitrogens is 1. The Morgan fingerprint density at radius 3 is 2.85 bits per heavy atom. The lowest BCUT2D eigenvalue weighted by atomic mass is 10.2. The molecule has 1 aromatic carbocycles. The molecule has 2 rings (SSSR count). The average Bonchev–Trinajstić information content (AvgIpc) is 2.85. The van der Waals surface area contributed by atoms with Gasteiger partial charge < -0.3 is 15.0 Å². The zero-order valence-corrected chi connectivity index (χ0v) is 11.5. The third-order valence-corrected chi connectivity index (χ3v) is 3.25. The maximum atomic E-state index is 13.2. The highest BCUT2D eigenvalue weighted by Crippen LogP contribution is 2.18. The van der Waals surface area contributed by atoms with Gasteiger partial charge in [0, 0.05) is 24.0 Å². The maximum absolute atomic E-state index is 13.2. The van der Waals surface area contributed by atoms with Gasteiger partial charge in [0.2, 0.25) is 0 Å². The number of halogens is 1. The third kappa shape index (κ3) is 3.17. The Labute approximate surface area is 117 Å². The number of aromatic amines is 1. The molecule has 0 spiro atoms. The van der Waals surface area contributed by atoms with E-state index in [1.54, 1.807) is 17.0 Å². The first-order valence-electron chi connectivity index (χ1n) is 6.84. The number of fused-ring (bicyclic) bond motifs is 1. The molecule has 2 N–H and O–H groups in total. The first-order chi connectivity index (χ1) is 9.65. The molecule has 0 saturated heterocycles. The Bertz CT molecular complexity index is 595. The van der Waals surface area contributed by atoms with Crippen LogP contribution >= 0.6 is 0 Å². The second kappa shape index (κ2) is 6.52. The summed E-state index contributed by atoms with van der Waals surface area (Å²) in [5.74, 6) is -0.488. The number of amides is 1. The number of aliphatic hydroxyl groups is 1. The van der Waals surface area contributed by atoms with Gasteiger partial charge in [0.1, 0.15) is 11.5 Å². The zero-order chi connectivity index (χ0) is 14.5. The Morgan fingerprint density at radius 2 is 2.15 bits per heavy atom. The van der Waals surface area contributed by atoms with Crippen molar-refractivity contribution in [2.24, 2.45) is 0 Å². The summed E-state index contributed by atoms with van der Waals surface area (Å²) in [7, 11) is 0. The molecule has 1 aromatic heterocycles. The molecule has 0 radical (unpaired) electrons. The summed E-state index contributed by atoms with van der Waals surface area (Å²) in [4.78, 5) is 17.0. The molecule has 0 atom stereocenters. The second-order valence-electron chi connectivity index (χ2n) is 4.78. The zero-order valence-electron chi connectivity index (χ0n) is 11.5. The molecular weight excluding hydrogens is 259 g/mol. The highest BCUT2D eigenvalue weighted by Gasteiger charge is 2.17. The van der Waals surface area contributed by atoms with E-state index >= 15 is 0 Å². The van der Waals surface area contributed by atoms with Crippen molar-refractivity contribution in [2.75, 3.05) is 19.7 Å². The van der Waals surface area contributed by atoms with Crippen molar-refractivity contribution in [3.05, 3.63) is 35.8 Å². The number of carbonyl (C=O) groups excluding carboxylic acids is 1. The van der Waals surface area contributed by atoms with E-state index in [9.17, 15) is 9.18 Å². The van der Waals surface area contributed by atoms with Gasteiger partial charge in [-0.15, -0.1) is 0 Å². The van der Waals surface area contributed by atoms with Crippen molar-refractivity contribution < 1.29 is 14.3 Å². The third-order valence-electron chi connectivity index (χ3n) is 3.25. The Balaban J connectivity index is 2.23. The number of rotatable bonds is 6. The highest BCUT2D eigenvalue weighted by atomic mass is 19.1. The fraction of sp³-hybridized carbons (Fsp3) is 0.400.